The Hall–Kier alpha value is -1.90. The molecule has 0 N–H and O–H groups in total. The van der Waals surface area contributed by atoms with Crippen molar-refractivity contribution in [1.29, 1.82) is 0 Å². The lowest BCUT2D eigenvalue weighted by Gasteiger charge is -2.03. The molecule has 0 aliphatic rings. The third-order valence-corrected chi connectivity index (χ3v) is 2.18. The number of carbonyl (C=O) groups excluding carboxylic acids is 2. The summed E-state index contributed by atoms with van der Waals surface area (Å²) in [7, 11) is 0. The first-order valence-electron chi connectivity index (χ1n) is 5.03. The third-order valence-electron chi connectivity index (χ3n) is 2.18. The van der Waals surface area contributed by atoms with Gasteiger partial charge in [0.1, 0.15) is 0 Å². The predicted molar refractivity (Wildman–Crippen MR) is 57.0 cm³/mol. The van der Waals surface area contributed by atoms with E-state index in [1.54, 1.807) is 6.92 Å². The van der Waals surface area contributed by atoms with E-state index in [1.165, 1.54) is 0 Å². The Morgan fingerprint density at radius 1 is 1.19 bits per heavy atom. The number of carbonyl (C=O) groups is 2. The smallest absolute Gasteiger partial charge is 0.323 e. The fraction of sp³-hybridized carbons (Fsp3) is 0.600. The molecule has 0 saturated carbocycles. The molecule has 0 aliphatic heterocycles. The molecule has 0 aliphatic carbocycles. The number of hydrogen-bond donors (Lipinski definition) is 0. The van der Waals surface area contributed by atoms with Gasteiger partial charge in [0.05, 0.1) is 0 Å². The maximum Gasteiger partial charge on any atom is 0.323 e. The summed E-state index contributed by atoms with van der Waals surface area (Å²) in [4.78, 5) is 27.3. The summed E-state index contributed by atoms with van der Waals surface area (Å²) < 4.78 is 0. The van der Waals surface area contributed by atoms with Gasteiger partial charge >= 0.3 is 12.4 Å². The van der Waals surface area contributed by atoms with Crippen molar-refractivity contribution in [2.45, 2.75) is 32.6 Å². The SMILES string of the molecule is CC(CCCCC(=O)C=[N+]=[N-])C(=O)C=[N+]=[N-]. The quantitative estimate of drug-likeness (QED) is 0.263. The van der Waals surface area contributed by atoms with Crippen LogP contribution >= 0.6 is 0 Å². The van der Waals surface area contributed by atoms with Crippen LogP contribution in [-0.2, 0) is 9.59 Å². The number of unbranched alkanes of at least 4 members (excludes halogenated alkanes) is 1. The molecule has 0 radical (unpaired) electrons. The van der Waals surface area contributed by atoms with Crippen LogP contribution in [0.4, 0.5) is 0 Å². The number of hydrogen-bond acceptors (Lipinski definition) is 2. The summed E-state index contributed by atoms with van der Waals surface area (Å²) in [5.74, 6) is -0.679. The standard InChI is InChI=1S/C10H14N4O2/c1-8(10(16)7-14-12)4-2-3-5-9(15)6-13-11/h6-8H,2-5H2,1H3. The summed E-state index contributed by atoms with van der Waals surface area (Å²) in [6.07, 6.45) is 4.05. The van der Waals surface area contributed by atoms with Gasteiger partial charge in [-0.1, -0.05) is 13.3 Å². The topological polar surface area (TPSA) is 107 Å². The highest BCUT2D eigenvalue weighted by Crippen LogP contribution is 2.09. The molecule has 1 unspecified atom stereocenters. The van der Waals surface area contributed by atoms with Gasteiger partial charge in [-0.2, -0.15) is 9.58 Å². The number of Topliss-reactive ketones (excluding diaryl/α,β-unsaturated/α-hetero) is 2. The Bertz CT molecular complexity index is 352. The van der Waals surface area contributed by atoms with Crippen molar-refractivity contribution in [3.63, 3.8) is 0 Å². The second kappa shape index (κ2) is 8.41. The van der Waals surface area contributed by atoms with E-state index in [-0.39, 0.29) is 17.5 Å². The maximum atomic E-state index is 11.1. The second-order valence-corrected chi connectivity index (χ2v) is 3.50. The highest BCUT2D eigenvalue weighted by Gasteiger charge is 2.13. The molecule has 6 nitrogen and oxygen atoms in total. The van der Waals surface area contributed by atoms with Crippen molar-refractivity contribution >= 4 is 24.0 Å². The van der Waals surface area contributed by atoms with Crippen LogP contribution in [0.15, 0.2) is 0 Å². The van der Waals surface area contributed by atoms with Gasteiger partial charge in [-0.25, -0.2) is 0 Å². The first-order chi connectivity index (χ1) is 7.61. The Morgan fingerprint density at radius 2 is 1.81 bits per heavy atom. The van der Waals surface area contributed by atoms with Crippen molar-refractivity contribution in [2.75, 3.05) is 0 Å². The molecule has 0 saturated heterocycles. The van der Waals surface area contributed by atoms with Gasteiger partial charge in [0.25, 0.3) is 0 Å². The number of rotatable bonds is 8. The van der Waals surface area contributed by atoms with E-state index in [0.717, 1.165) is 18.9 Å². The zero-order valence-electron chi connectivity index (χ0n) is 9.17. The van der Waals surface area contributed by atoms with Crippen LogP contribution in [0.2, 0.25) is 0 Å². The molecule has 0 rings (SSSR count). The molecule has 0 aromatic carbocycles. The van der Waals surface area contributed by atoms with Gasteiger partial charge < -0.3 is 11.1 Å². The minimum Gasteiger partial charge on any atom is -0.361 e. The van der Waals surface area contributed by atoms with E-state index in [2.05, 4.69) is 9.58 Å². The van der Waals surface area contributed by atoms with E-state index in [4.69, 9.17) is 11.1 Å². The lowest BCUT2D eigenvalue weighted by molar-refractivity contribution is -0.119. The van der Waals surface area contributed by atoms with E-state index in [9.17, 15) is 9.59 Å². The average molecular weight is 222 g/mol. The van der Waals surface area contributed by atoms with Crippen LogP contribution < -0.4 is 0 Å². The normalized spacial score (nSPS) is 10.8. The molecule has 0 fully saturated rings. The minimum atomic E-state index is -0.238. The first kappa shape index (κ1) is 14.1. The van der Waals surface area contributed by atoms with Crippen LogP contribution in [-0.4, -0.2) is 33.6 Å². The lowest BCUT2D eigenvalue weighted by atomic mass is 9.99. The molecule has 6 heteroatoms. The third kappa shape index (κ3) is 6.54. The Morgan fingerprint density at radius 3 is 2.38 bits per heavy atom. The molecule has 0 aromatic rings. The Kier molecular flexibility index (Phi) is 7.41. The summed E-state index contributed by atoms with van der Waals surface area (Å²) >= 11 is 0. The molecule has 0 spiro atoms. The molecule has 0 heterocycles. The van der Waals surface area contributed by atoms with E-state index < -0.39 is 0 Å². The van der Waals surface area contributed by atoms with Crippen molar-refractivity contribution < 1.29 is 19.2 Å². The minimum absolute atomic E-state index is 0.211. The zero-order chi connectivity index (χ0) is 12.4. The van der Waals surface area contributed by atoms with E-state index in [0.29, 0.717) is 19.3 Å². The molecule has 16 heavy (non-hydrogen) atoms. The van der Waals surface area contributed by atoms with Gasteiger partial charge in [-0.3, -0.25) is 9.59 Å². The summed E-state index contributed by atoms with van der Waals surface area (Å²) in [5, 5.41) is 0. The number of nitrogens with zero attached hydrogens (tertiary/aromatic N) is 4. The van der Waals surface area contributed by atoms with Gasteiger partial charge in [-0.15, -0.1) is 0 Å². The fourth-order valence-corrected chi connectivity index (χ4v) is 1.21. The van der Waals surface area contributed by atoms with Crippen LogP contribution in [0.3, 0.4) is 0 Å². The molecule has 0 amide bonds. The second-order valence-electron chi connectivity index (χ2n) is 3.50. The Balaban J connectivity index is 3.74. The molecule has 86 valence electrons. The van der Waals surface area contributed by atoms with E-state index in [1.807, 2.05) is 0 Å². The van der Waals surface area contributed by atoms with Gasteiger partial charge in [-0.05, 0) is 12.8 Å². The molecule has 1 atom stereocenters. The van der Waals surface area contributed by atoms with Crippen molar-refractivity contribution in [3.8, 4) is 0 Å². The molecular weight excluding hydrogens is 208 g/mol. The lowest BCUT2D eigenvalue weighted by Crippen LogP contribution is -2.12. The molecule has 0 aromatic heterocycles. The maximum absolute atomic E-state index is 11.1. The van der Waals surface area contributed by atoms with Crippen LogP contribution in [0.5, 0.6) is 0 Å². The molecule has 0 bridgehead atoms. The van der Waals surface area contributed by atoms with Crippen LogP contribution in [0.25, 0.3) is 11.1 Å². The van der Waals surface area contributed by atoms with Gasteiger partial charge in [0.2, 0.25) is 11.6 Å². The first-order valence-corrected chi connectivity index (χ1v) is 5.03. The highest BCUT2D eigenvalue weighted by atomic mass is 16.1. The average Bonchev–Trinajstić information content (AvgIpc) is 2.24. The summed E-state index contributed by atoms with van der Waals surface area (Å²) in [6, 6.07) is 0. The van der Waals surface area contributed by atoms with E-state index >= 15 is 0 Å². The van der Waals surface area contributed by atoms with Gasteiger partial charge in [0, 0.05) is 12.3 Å². The largest absolute Gasteiger partial charge is 0.361 e. The van der Waals surface area contributed by atoms with Crippen LogP contribution in [0.1, 0.15) is 32.6 Å². The van der Waals surface area contributed by atoms with Crippen molar-refractivity contribution in [3.05, 3.63) is 11.1 Å². The zero-order valence-corrected chi connectivity index (χ0v) is 9.17. The predicted octanol–water partition coefficient (Wildman–Crippen LogP) is 0.922. The monoisotopic (exact) mass is 222 g/mol. The number of ketones is 2. The highest BCUT2D eigenvalue weighted by molar-refractivity contribution is 6.26. The fourth-order valence-electron chi connectivity index (χ4n) is 1.21. The van der Waals surface area contributed by atoms with Gasteiger partial charge in [0.15, 0.2) is 0 Å². The van der Waals surface area contributed by atoms with Crippen LogP contribution in [0, 0.1) is 5.92 Å². The van der Waals surface area contributed by atoms with Crippen molar-refractivity contribution in [1.82, 2.24) is 0 Å². The summed E-state index contributed by atoms with van der Waals surface area (Å²) in [6.45, 7) is 1.74. The Labute approximate surface area is 93.5 Å². The molecular formula is C10H14N4O2. The summed E-state index contributed by atoms with van der Waals surface area (Å²) in [5.41, 5.74) is 16.2. The van der Waals surface area contributed by atoms with Crippen molar-refractivity contribution in [2.24, 2.45) is 5.92 Å².